The summed E-state index contributed by atoms with van der Waals surface area (Å²) in [6, 6.07) is 6.17. The van der Waals surface area contributed by atoms with Crippen LogP contribution in [0.15, 0.2) is 22.7 Å². The summed E-state index contributed by atoms with van der Waals surface area (Å²) in [6.07, 6.45) is 0. The van der Waals surface area contributed by atoms with Crippen molar-refractivity contribution in [2.45, 2.75) is 13.1 Å². The molecule has 3 nitrogen and oxygen atoms in total. The monoisotopic (exact) mass is 305 g/mol. The highest BCUT2D eigenvalue weighted by molar-refractivity contribution is 9.10. The third-order valence-electron chi connectivity index (χ3n) is 2.23. The van der Waals surface area contributed by atoms with E-state index >= 15 is 0 Å². The second kappa shape index (κ2) is 5.73. The Kier molecular flexibility index (Phi) is 4.90. The Hall–Kier alpha value is -0.250. The van der Waals surface area contributed by atoms with Gasteiger partial charge < -0.3 is 10.6 Å². The van der Waals surface area contributed by atoms with Gasteiger partial charge in [0.1, 0.15) is 0 Å². The third kappa shape index (κ3) is 3.10. The summed E-state index contributed by atoms with van der Waals surface area (Å²) in [5, 5.41) is 7.31. The van der Waals surface area contributed by atoms with E-state index in [1.54, 1.807) is 0 Å². The summed E-state index contributed by atoms with van der Waals surface area (Å²) in [5.41, 5.74) is 7.93. The average molecular weight is 306 g/mol. The molecule has 1 heterocycles. The number of nitrogens with zero attached hydrogens (tertiary/aromatic N) is 1. The van der Waals surface area contributed by atoms with Crippen LogP contribution >= 0.6 is 36.6 Å². The van der Waals surface area contributed by atoms with Crippen LogP contribution in [0.25, 0.3) is 0 Å². The predicted octanol–water partition coefficient (Wildman–Crippen LogP) is 2.36. The van der Waals surface area contributed by atoms with Gasteiger partial charge in [0, 0.05) is 17.6 Å². The quantitative estimate of drug-likeness (QED) is 0.298. The molecule has 1 aliphatic heterocycles. The Bertz CT molecular complexity index is 372. The Labute approximate surface area is 105 Å². The molecule has 15 heavy (non-hydrogen) atoms. The maximum Gasteiger partial charge on any atom is 0.188 e. The summed E-state index contributed by atoms with van der Waals surface area (Å²) in [5.74, 6) is 0.146. The molecule has 1 aromatic carbocycles. The van der Waals surface area contributed by atoms with Gasteiger partial charge in [0.05, 0.1) is 0 Å². The highest BCUT2D eigenvalue weighted by atomic mass is 79.9. The first kappa shape index (κ1) is 12.8. The SMILES string of the molecule is N=C(N)N1Cc2ccc(Br)cc2C1.PS. The lowest BCUT2D eigenvalue weighted by Crippen LogP contribution is -2.31. The number of rotatable bonds is 0. The molecule has 1 unspecified atom stereocenters. The standard InChI is InChI=1S/C9H10BrN3.H3PS/c10-8-2-1-6-4-13(9(11)12)5-7(6)3-8;1-2/h1-3H,4-5H2,(H3,11,12);2H,1H2. The molecule has 0 saturated carbocycles. The molecular formula is C9H13BrN3PS. The van der Waals surface area contributed by atoms with Crippen LogP contribution in [-0.2, 0) is 13.1 Å². The zero-order valence-electron chi connectivity index (χ0n) is 8.07. The lowest BCUT2D eigenvalue weighted by molar-refractivity contribution is 0.439. The van der Waals surface area contributed by atoms with E-state index in [4.69, 9.17) is 11.1 Å². The molecule has 0 aliphatic carbocycles. The molecule has 0 spiro atoms. The Morgan fingerprint density at radius 3 is 2.60 bits per heavy atom. The Balaban J connectivity index is 0.000000531. The number of nitrogens with two attached hydrogens (primary N) is 1. The van der Waals surface area contributed by atoms with Crippen molar-refractivity contribution >= 4 is 42.6 Å². The zero-order chi connectivity index (χ0) is 11.4. The van der Waals surface area contributed by atoms with Crippen molar-refractivity contribution in [2.75, 3.05) is 0 Å². The minimum atomic E-state index is 0.146. The number of thiol groups is 1. The first-order valence-electron chi connectivity index (χ1n) is 4.29. The number of hydrogen-bond acceptors (Lipinski definition) is 2. The fourth-order valence-electron chi connectivity index (χ4n) is 1.53. The average Bonchev–Trinajstić information content (AvgIpc) is 2.63. The number of benzene rings is 1. The molecule has 0 radical (unpaired) electrons. The fraction of sp³-hybridized carbons (Fsp3) is 0.222. The Morgan fingerprint density at radius 2 is 2.00 bits per heavy atom. The van der Waals surface area contributed by atoms with E-state index in [-0.39, 0.29) is 5.96 Å². The van der Waals surface area contributed by atoms with Crippen LogP contribution in [0, 0.1) is 5.41 Å². The zero-order valence-corrected chi connectivity index (χ0v) is 11.7. The highest BCUT2D eigenvalue weighted by Crippen LogP contribution is 2.25. The number of hydrogen-bond donors (Lipinski definition) is 3. The summed E-state index contributed by atoms with van der Waals surface area (Å²) in [7, 11) is 2.11. The summed E-state index contributed by atoms with van der Waals surface area (Å²) < 4.78 is 1.08. The molecular weight excluding hydrogens is 293 g/mol. The Morgan fingerprint density at radius 1 is 1.40 bits per heavy atom. The van der Waals surface area contributed by atoms with Gasteiger partial charge in [-0.25, -0.2) is 0 Å². The van der Waals surface area contributed by atoms with Crippen LogP contribution in [0.2, 0.25) is 0 Å². The van der Waals surface area contributed by atoms with E-state index in [1.165, 1.54) is 11.1 Å². The van der Waals surface area contributed by atoms with Crippen molar-refractivity contribution < 1.29 is 0 Å². The van der Waals surface area contributed by atoms with E-state index < -0.39 is 0 Å². The summed E-state index contributed by atoms with van der Waals surface area (Å²) in [6.45, 7) is 1.52. The largest absolute Gasteiger partial charge is 0.370 e. The van der Waals surface area contributed by atoms with Crippen molar-refractivity contribution in [3.63, 3.8) is 0 Å². The molecule has 0 amide bonds. The number of nitrogens with one attached hydrogen (secondary N) is 1. The van der Waals surface area contributed by atoms with Crippen molar-refractivity contribution in [1.29, 1.82) is 5.41 Å². The highest BCUT2D eigenvalue weighted by Gasteiger charge is 2.19. The third-order valence-corrected chi connectivity index (χ3v) is 2.72. The van der Waals surface area contributed by atoms with Crippen LogP contribution in [0.5, 0.6) is 0 Å². The number of guanidine groups is 1. The molecule has 2 rings (SSSR count). The first-order valence-corrected chi connectivity index (χ1v) is 7.15. The molecule has 0 saturated heterocycles. The predicted molar refractivity (Wildman–Crippen MR) is 74.0 cm³/mol. The van der Waals surface area contributed by atoms with Gasteiger partial charge in [-0.05, 0) is 23.3 Å². The van der Waals surface area contributed by atoms with Crippen molar-refractivity contribution in [1.82, 2.24) is 4.90 Å². The van der Waals surface area contributed by atoms with Gasteiger partial charge in [-0.2, -0.15) is 12.2 Å². The van der Waals surface area contributed by atoms with Crippen LogP contribution in [-0.4, -0.2) is 10.9 Å². The van der Waals surface area contributed by atoms with Crippen LogP contribution in [0.4, 0.5) is 0 Å². The molecule has 0 fully saturated rings. The molecule has 6 heteroatoms. The topological polar surface area (TPSA) is 53.1 Å². The van der Waals surface area contributed by atoms with Gasteiger partial charge in [-0.3, -0.25) is 5.41 Å². The smallest absolute Gasteiger partial charge is 0.188 e. The summed E-state index contributed by atoms with van der Waals surface area (Å²) in [4.78, 5) is 1.84. The number of halogens is 1. The van der Waals surface area contributed by atoms with E-state index in [9.17, 15) is 0 Å². The fourth-order valence-corrected chi connectivity index (χ4v) is 1.94. The van der Waals surface area contributed by atoms with Gasteiger partial charge in [-0.1, -0.05) is 30.4 Å². The lowest BCUT2D eigenvalue weighted by Gasteiger charge is -2.13. The lowest BCUT2D eigenvalue weighted by atomic mass is 10.1. The first-order chi connectivity index (χ1) is 7.16. The van der Waals surface area contributed by atoms with Crippen molar-refractivity contribution in [3.8, 4) is 0 Å². The van der Waals surface area contributed by atoms with Crippen molar-refractivity contribution in [2.24, 2.45) is 5.73 Å². The molecule has 1 atom stereocenters. The maximum atomic E-state index is 7.31. The minimum Gasteiger partial charge on any atom is -0.370 e. The second-order valence-corrected chi connectivity index (χ2v) is 4.07. The van der Waals surface area contributed by atoms with E-state index in [0.717, 1.165) is 17.6 Å². The van der Waals surface area contributed by atoms with E-state index in [1.807, 2.05) is 11.0 Å². The van der Waals surface area contributed by atoms with Crippen molar-refractivity contribution in [3.05, 3.63) is 33.8 Å². The van der Waals surface area contributed by atoms with Crippen LogP contribution in [0.3, 0.4) is 0 Å². The van der Waals surface area contributed by atoms with Gasteiger partial charge in [0.2, 0.25) is 0 Å². The number of fused-ring (bicyclic) bond motifs is 1. The molecule has 3 N–H and O–H groups in total. The molecule has 1 aliphatic rings. The van der Waals surface area contributed by atoms with E-state index in [0.29, 0.717) is 0 Å². The molecule has 1 aromatic rings. The molecule has 82 valence electrons. The second-order valence-electron chi connectivity index (χ2n) is 3.15. The van der Waals surface area contributed by atoms with Gasteiger partial charge in [0.25, 0.3) is 0 Å². The maximum absolute atomic E-state index is 7.31. The normalized spacial score (nSPS) is 12.9. The van der Waals surface area contributed by atoms with Gasteiger partial charge in [-0.15, -0.1) is 0 Å². The van der Waals surface area contributed by atoms with Gasteiger partial charge in [0.15, 0.2) is 5.96 Å². The summed E-state index contributed by atoms with van der Waals surface area (Å²) >= 11 is 6.86. The van der Waals surface area contributed by atoms with E-state index in [2.05, 4.69) is 48.8 Å². The minimum absolute atomic E-state index is 0.146. The van der Waals surface area contributed by atoms with Crippen LogP contribution in [0.1, 0.15) is 11.1 Å². The molecule has 0 bridgehead atoms. The van der Waals surface area contributed by atoms with Gasteiger partial charge >= 0.3 is 0 Å². The molecule has 0 aromatic heterocycles. The van der Waals surface area contributed by atoms with Crippen LogP contribution < -0.4 is 5.73 Å².